The minimum absolute atomic E-state index is 0.00601. The van der Waals surface area contributed by atoms with Crippen molar-refractivity contribution in [3.8, 4) is 28.7 Å². The van der Waals surface area contributed by atoms with Gasteiger partial charge in [0.05, 0.1) is 36.3 Å². The van der Waals surface area contributed by atoms with E-state index in [-0.39, 0.29) is 24.6 Å². The van der Waals surface area contributed by atoms with Crippen molar-refractivity contribution in [2.45, 2.75) is 50.9 Å². The molecule has 4 aromatic heterocycles. The summed E-state index contributed by atoms with van der Waals surface area (Å²) in [7, 11) is 3.63. The van der Waals surface area contributed by atoms with Crippen LogP contribution in [0.25, 0.3) is 45.0 Å². The lowest BCUT2D eigenvalue weighted by Gasteiger charge is -2.27. The number of nitrogens with zero attached hydrogens (tertiary/aromatic N) is 6. The fourth-order valence-corrected chi connectivity index (χ4v) is 7.18. The molecule has 3 N–H and O–H groups in total. The Morgan fingerprint density at radius 3 is 2.65 bits per heavy atom. The number of aliphatic hydroxyl groups is 1. The zero-order valence-electron chi connectivity index (χ0n) is 24.4. The number of hydrogen-bond donors (Lipinski definition) is 2. The predicted molar refractivity (Wildman–Crippen MR) is 163 cm³/mol. The molecule has 8 rings (SSSR count). The Hall–Kier alpha value is -4.28. The number of methoxy groups -OCH3 is 1. The fraction of sp³-hybridized carbons (Fsp3) is 0.394. The molecule has 2 unspecified atom stereocenters. The van der Waals surface area contributed by atoms with E-state index in [0.717, 1.165) is 69.9 Å². The van der Waals surface area contributed by atoms with E-state index >= 15 is 0 Å². The number of piperidine rings is 1. The predicted octanol–water partition coefficient (Wildman–Crippen LogP) is 4.12. The van der Waals surface area contributed by atoms with Crippen LogP contribution in [-0.4, -0.2) is 65.7 Å². The molecule has 5 aromatic rings. The van der Waals surface area contributed by atoms with Crippen LogP contribution in [0.2, 0.25) is 0 Å². The van der Waals surface area contributed by atoms with Crippen LogP contribution in [0.4, 0.5) is 0 Å². The van der Waals surface area contributed by atoms with Crippen molar-refractivity contribution < 1.29 is 14.6 Å². The number of benzene rings is 1. The van der Waals surface area contributed by atoms with E-state index in [1.807, 2.05) is 36.2 Å². The molecule has 1 aliphatic heterocycles. The number of pyridine rings is 2. The summed E-state index contributed by atoms with van der Waals surface area (Å²) in [5.41, 5.74) is 12.7. The molecule has 220 valence electrons. The number of likely N-dealkylation sites (tertiary alicyclic amines) is 1. The van der Waals surface area contributed by atoms with E-state index in [2.05, 4.69) is 26.3 Å². The average molecular weight is 578 g/mol. The minimum atomic E-state index is -0.0455. The first kappa shape index (κ1) is 26.4. The number of aliphatic hydroxyl groups excluding tert-OH is 1. The molecular weight excluding hydrogens is 542 g/mol. The van der Waals surface area contributed by atoms with E-state index in [0.29, 0.717) is 29.7 Å². The van der Waals surface area contributed by atoms with E-state index in [1.165, 1.54) is 12.8 Å². The second-order valence-corrected chi connectivity index (χ2v) is 12.4. The summed E-state index contributed by atoms with van der Waals surface area (Å²) < 4.78 is 10.2. The SMILES string of the molecule is COc1cc(C(=O)N2CC3CCC2[C@@H]3N)cc2nc(-c3cc4ccc(-c5cc(CO)ccn5)nc4n3CC3CC3)n(C)c12. The molecule has 10 heteroatoms. The van der Waals surface area contributed by atoms with Gasteiger partial charge in [0.15, 0.2) is 5.82 Å². The summed E-state index contributed by atoms with van der Waals surface area (Å²) in [5, 5.41) is 10.6. The molecule has 1 amide bonds. The molecule has 1 saturated heterocycles. The molecular formula is C33H35N7O3. The average Bonchev–Trinajstić information content (AvgIpc) is 3.44. The monoisotopic (exact) mass is 577 g/mol. The molecule has 3 aliphatic rings. The summed E-state index contributed by atoms with van der Waals surface area (Å²) >= 11 is 0. The number of fused-ring (bicyclic) bond motifs is 4. The van der Waals surface area contributed by atoms with Gasteiger partial charge < -0.3 is 29.6 Å². The molecule has 2 aliphatic carbocycles. The van der Waals surface area contributed by atoms with Gasteiger partial charge in [-0.1, -0.05) is 0 Å². The third-order valence-corrected chi connectivity index (χ3v) is 9.70. The van der Waals surface area contributed by atoms with Crippen LogP contribution in [0, 0.1) is 11.8 Å². The number of carbonyl (C=O) groups is 1. The summed E-state index contributed by atoms with van der Waals surface area (Å²) in [6.45, 7) is 1.52. The van der Waals surface area contributed by atoms with Crippen molar-refractivity contribution in [1.82, 2.24) is 29.0 Å². The highest BCUT2D eigenvalue weighted by molar-refractivity contribution is 6.00. The first-order chi connectivity index (χ1) is 20.9. The van der Waals surface area contributed by atoms with Gasteiger partial charge in [-0.25, -0.2) is 9.97 Å². The highest BCUT2D eigenvalue weighted by Gasteiger charge is 2.47. The van der Waals surface area contributed by atoms with Crippen molar-refractivity contribution in [2.75, 3.05) is 13.7 Å². The Kier molecular flexibility index (Phi) is 6.06. The van der Waals surface area contributed by atoms with Gasteiger partial charge >= 0.3 is 0 Å². The second kappa shape index (κ2) is 9.89. The molecule has 3 atom stereocenters. The summed E-state index contributed by atoms with van der Waals surface area (Å²) in [6, 6.07) is 13.8. The largest absolute Gasteiger partial charge is 0.494 e. The van der Waals surface area contributed by atoms with Gasteiger partial charge in [-0.2, -0.15) is 0 Å². The highest BCUT2D eigenvalue weighted by Crippen LogP contribution is 2.40. The lowest BCUT2D eigenvalue weighted by atomic mass is 10.1. The first-order valence-electron chi connectivity index (χ1n) is 15.1. The molecule has 3 fully saturated rings. The number of carbonyl (C=O) groups excluding carboxylic acids is 1. The fourth-order valence-electron chi connectivity index (χ4n) is 7.18. The van der Waals surface area contributed by atoms with E-state index in [1.54, 1.807) is 19.4 Å². The van der Waals surface area contributed by atoms with Crippen molar-refractivity contribution in [2.24, 2.45) is 24.6 Å². The van der Waals surface area contributed by atoms with Gasteiger partial charge in [-0.05, 0) is 85.5 Å². The Morgan fingerprint density at radius 2 is 1.93 bits per heavy atom. The number of ether oxygens (including phenoxy) is 1. The Labute approximate surface area is 249 Å². The lowest BCUT2D eigenvalue weighted by molar-refractivity contribution is 0.0700. The number of imidazole rings is 1. The van der Waals surface area contributed by atoms with Gasteiger partial charge in [0.25, 0.3) is 5.91 Å². The van der Waals surface area contributed by atoms with Gasteiger partial charge in [0.2, 0.25) is 0 Å². The van der Waals surface area contributed by atoms with E-state index < -0.39 is 0 Å². The van der Waals surface area contributed by atoms with Gasteiger partial charge in [0.1, 0.15) is 16.9 Å². The van der Waals surface area contributed by atoms with Gasteiger partial charge in [-0.3, -0.25) is 9.78 Å². The van der Waals surface area contributed by atoms with Crippen molar-refractivity contribution >= 4 is 28.0 Å². The molecule has 10 nitrogen and oxygen atoms in total. The molecule has 0 radical (unpaired) electrons. The van der Waals surface area contributed by atoms with E-state index in [9.17, 15) is 9.90 Å². The summed E-state index contributed by atoms with van der Waals surface area (Å²) in [5.74, 6) is 2.40. The van der Waals surface area contributed by atoms with Crippen LogP contribution in [0.5, 0.6) is 5.75 Å². The van der Waals surface area contributed by atoms with Crippen LogP contribution >= 0.6 is 0 Å². The lowest BCUT2D eigenvalue weighted by Crippen LogP contribution is -2.41. The Bertz CT molecular complexity index is 1910. The molecule has 43 heavy (non-hydrogen) atoms. The van der Waals surface area contributed by atoms with Crippen molar-refractivity contribution in [3.05, 3.63) is 59.8 Å². The highest BCUT2D eigenvalue weighted by atomic mass is 16.5. The van der Waals surface area contributed by atoms with Crippen LogP contribution < -0.4 is 10.5 Å². The van der Waals surface area contributed by atoms with Gasteiger partial charge in [-0.15, -0.1) is 0 Å². The molecule has 2 bridgehead atoms. The van der Waals surface area contributed by atoms with Crippen molar-refractivity contribution in [3.63, 3.8) is 0 Å². The topological polar surface area (TPSA) is 124 Å². The molecule has 2 saturated carbocycles. The van der Waals surface area contributed by atoms with Crippen LogP contribution in [0.3, 0.4) is 0 Å². The first-order valence-corrected chi connectivity index (χ1v) is 15.1. The number of amides is 1. The third kappa shape index (κ3) is 4.23. The van der Waals surface area contributed by atoms with Crippen LogP contribution in [0.15, 0.2) is 48.7 Å². The molecule has 0 spiro atoms. The summed E-state index contributed by atoms with van der Waals surface area (Å²) in [4.78, 5) is 30.3. The zero-order valence-corrected chi connectivity index (χ0v) is 24.4. The quantitative estimate of drug-likeness (QED) is 0.298. The molecule has 5 heterocycles. The number of hydrogen-bond acceptors (Lipinski definition) is 7. The smallest absolute Gasteiger partial charge is 0.254 e. The molecule has 1 aromatic carbocycles. The maximum absolute atomic E-state index is 13.7. The maximum Gasteiger partial charge on any atom is 0.254 e. The second-order valence-electron chi connectivity index (χ2n) is 12.4. The number of aryl methyl sites for hydroxylation is 1. The van der Waals surface area contributed by atoms with E-state index in [4.69, 9.17) is 20.4 Å². The normalized spacial score (nSPS) is 21.4. The number of nitrogens with two attached hydrogens (primary N) is 1. The van der Waals surface area contributed by atoms with Crippen LogP contribution in [0.1, 0.15) is 41.6 Å². The Morgan fingerprint density at radius 1 is 1.07 bits per heavy atom. The summed E-state index contributed by atoms with van der Waals surface area (Å²) in [6.07, 6.45) is 6.16. The van der Waals surface area contributed by atoms with Crippen LogP contribution in [-0.2, 0) is 20.2 Å². The van der Waals surface area contributed by atoms with Gasteiger partial charge in [0, 0.05) is 49.4 Å². The Balaban J connectivity index is 1.24. The standard InChI is InChI=1S/C33H35N7O3/c1-38-30-25(12-22(14-28(30)43-2)33(42)40-16-21-6-8-26(40)29(21)34)37-32(38)27-13-20-5-7-23(24-11-19(17-41)9-10-35-24)36-31(20)39(27)15-18-3-4-18/h5,7,9-14,18,21,26,29,41H,3-4,6,8,15-17,34H2,1-2H3/t21?,26?,29-/m1/s1. The zero-order chi connectivity index (χ0) is 29.4. The third-order valence-electron chi connectivity index (χ3n) is 9.70. The number of aromatic nitrogens is 5. The minimum Gasteiger partial charge on any atom is -0.494 e. The maximum atomic E-state index is 13.7. The number of rotatable bonds is 7. The van der Waals surface area contributed by atoms with Crippen molar-refractivity contribution in [1.29, 1.82) is 0 Å².